The topological polar surface area (TPSA) is 0 Å². The second kappa shape index (κ2) is 3.46. The molecule has 0 saturated heterocycles. The van der Waals surface area contributed by atoms with Crippen molar-refractivity contribution in [1.29, 1.82) is 0 Å². The fourth-order valence-electron chi connectivity index (χ4n) is 1.03. The van der Waals surface area contributed by atoms with E-state index >= 15 is 0 Å². The van der Waals surface area contributed by atoms with E-state index in [1.165, 1.54) is 25.7 Å². The van der Waals surface area contributed by atoms with Crippen LogP contribution in [-0.4, -0.2) is 5.38 Å². The maximum Gasteiger partial charge on any atom is 0.0364 e. The zero-order valence-electron chi connectivity index (χ0n) is 5.78. The Hall–Kier alpha value is 0.290. The van der Waals surface area contributed by atoms with E-state index in [-0.39, 0.29) is 0 Å². The minimum Gasteiger partial charge on any atom is -0.123 e. The summed E-state index contributed by atoms with van der Waals surface area (Å²) >= 11 is 6.03. The fraction of sp³-hybridized carbons (Fsp3) is 0.875. The molecule has 0 bridgehead atoms. The summed E-state index contributed by atoms with van der Waals surface area (Å²) in [5, 5.41) is 0.465. The van der Waals surface area contributed by atoms with Crippen molar-refractivity contribution in [2.45, 2.75) is 37.5 Å². The molecule has 0 nitrogen and oxygen atoms in total. The molecule has 1 heteroatoms. The van der Waals surface area contributed by atoms with Gasteiger partial charge in [0.1, 0.15) is 0 Å². The molecule has 0 N–H and O–H groups in total. The molecule has 1 rings (SSSR count). The average Bonchev–Trinajstić information content (AvgIpc) is 2.63. The van der Waals surface area contributed by atoms with E-state index in [1.807, 2.05) is 0 Å². The lowest BCUT2D eigenvalue weighted by Crippen LogP contribution is -1.99. The Labute approximate surface area is 62.6 Å². The first-order valence-electron chi connectivity index (χ1n) is 3.78. The maximum atomic E-state index is 6.03. The number of rotatable bonds is 4. The highest BCUT2D eigenvalue weighted by atomic mass is 35.5. The summed E-state index contributed by atoms with van der Waals surface area (Å²) in [7, 11) is 0. The fourth-order valence-corrected chi connectivity index (χ4v) is 1.44. The van der Waals surface area contributed by atoms with Crippen LogP contribution in [0.1, 0.15) is 32.1 Å². The summed E-state index contributed by atoms with van der Waals surface area (Å²) in [6.45, 7) is 3.78. The lowest BCUT2D eigenvalue weighted by molar-refractivity contribution is 0.642. The van der Waals surface area contributed by atoms with Crippen molar-refractivity contribution in [2.75, 3.05) is 0 Å². The molecule has 1 radical (unpaired) electrons. The van der Waals surface area contributed by atoms with Gasteiger partial charge in [-0.2, -0.15) is 0 Å². The van der Waals surface area contributed by atoms with Gasteiger partial charge >= 0.3 is 0 Å². The molecule has 0 spiro atoms. The minimum atomic E-state index is 0.465. The molecular weight excluding hydrogens is 132 g/mol. The normalized spacial score (nSPS) is 22.0. The lowest BCUT2D eigenvalue weighted by atomic mass is 10.1. The Bertz CT molecular complexity index is 76.6. The quantitative estimate of drug-likeness (QED) is 0.534. The van der Waals surface area contributed by atoms with Gasteiger partial charge in [-0.1, -0.05) is 19.8 Å². The maximum absolute atomic E-state index is 6.03. The Morgan fingerprint density at radius 2 is 2.22 bits per heavy atom. The summed E-state index contributed by atoms with van der Waals surface area (Å²) in [5.74, 6) is 0.859. The van der Waals surface area contributed by atoms with E-state index in [0.29, 0.717) is 5.38 Å². The van der Waals surface area contributed by atoms with Gasteiger partial charge < -0.3 is 0 Å². The second-order valence-corrected chi connectivity index (χ2v) is 3.41. The summed E-state index contributed by atoms with van der Waals surface area (Å²) < 4.78 is 0. The highest BCUT2D eigenvalue weighted by Gasteiger charge is 2.28. The molecule has 53 valence electrons. The molecule has 0 aromatic rings. The Morgan fingerprint density at radius 3 is 2.67 bits per heavy atom. The van der Waals surface area contributed by atoms with E-state index in [4.69, 9.17) is 11.6 Å². The molecule has 0 aliphatic heterocycles. The molecule has 9 heavy (non-hydrogen) atoms. The SMILES string of the molecule is [CH2]CCCC(Cl)C1CC1. The predicted molar refractivity (Wildman–Crippen MR) is 41.6 cm³/mol. The van der Waals surface area contributed by atoms with Crippen molar-refractivity contribution < 1.29 is 0 Å². The van der Waals surface area contributed by atoms with Crippen LogP contribution in [0.2, 0.25) is 0 Å². The third kappa shape index (κ3) is 2.57. The van der Waals surface area contributed by atoms with Crippen LogP contribution >= 0.6 is 11.6 Å². The monoisotopic (exact) mass is 145 g/mol. The molecule has 1 aliphatic rings. The molecule has 0 amide bonds. The van der Waals surface area contributed by atoms with Crippen molar-refractivity contribution in [2.24, 2.45) is 5.92 Å². The second-order valence-electron chi connectivity index (χ2n) is 2.85. The van der Waals surface area contributed by atoms with Crippen molar-refractivity contribution in [3.63, 3.8) is 0 Å². The number of unbranched alkanes of at least 4 members (excludes halogenated alkanes) is 1. The lowest BCUT2D eigenvalue weighted by Gasteiger charge is -2.04. The zero-order chi connectivity index (χ0) is 6.69. The van der Waals surface area contributed by atoms with Crippen molar-refractivity contribution in [3.8, 4) is 0 Å². The highest BCUT2D eigenvalue weighted by Crippen LogP contribution is 2.37. The Balaban J connectivity index is 1.96. The standard InChI is InChI=1S/C8H14Cl/c1-2-3-4-8(9)7-5-6-7/h7-8H,1-6H2. The van der Waals surface area contributed by atoms with Gasteiger partial charge in [-0.3, -0.25) is 0 Å². The molecule has 1 fully saturated rings. The predicted octanol–water partition coefficient (Wildman–Crippen LogP) is 3.01. The van der Waals surface area contributed by atoms with Crippen LogP contribution in [0, 0.1) is 12.8 Å². The summed E-state index contributed by atoms with van der Waals surface area (Å²) in [6.07, 6.45) is 6.15. The van der Waals surface area contributed by atoms with E-state index < -0.39 is 0 Å². The van der Waals surface area contributed by atoms with Gasteiger partial charge in [0.25, 0.3) is 0 Å². The summed E-state index contributed by atoms with van der Waals surface area (Å²) in [4.78, 5) is 0. The third-order valence-corrected chi connectivity index (χ3v) is 2.44. The number of halogens is 1. The molecule has 1 aliphatic carbocycles. The van der Waals surface area contributed by atoms with E-state index in [2.05, 4.69) is 6.92 Å². The van der Waals surface area contributed by atoms with Gasteiger partial charge in [-0.25, -0.2) is 0 Å². The van der Waals surface area contributed by atoms with Crippen molar-refractivity contribution in [3.05, 3.63) is 6.92 Å². The molecular formula is C8H14Cl. The van der Waals surface area contributed by atoms with Gasteiger partial charge in [0.15, 0.2) is 0 Å². The van der Waals surface area contributed by atoms with Gasteiger partial charge in [0, 0.05) is 5.38 Å². The zero-order valence-corrected chi connectivity index (χ0v) is 6.53. The minimum absolute atomic E-state index is 0.465. The van der Waals surface area contributed by atoms with Crippen LogP contribution in [-0.2, 0) is 0 Å². The number of alkyl halides is 1. The van der Waals surface area contributed by atoms with E-state index in [0.717, 1.165) is 12.3 Å². The number of hydrogen-bond donors (Lipinski definition) is 0. The first kappa shape index (κ1) is 7.40. The van der Waals surface area contributed by atoms with Gasteiger partial charge in [0.05, 0.1) is 0 Å². The molecule has 0 aromatic carbocycles. The largest absolute Gasteiger partial charge is 0.123 e. The molecule has 1 atom stereocenters. The highest BCUT2D eigenvalue weighted by molar-refractivity contribution is 6.20. The number of hydrogen-bond acceptors (Lipinski definition) is 0. The van der Waals surface area contributed by atoms with Crippen LogP contribution in [0.5, 0.6) is 0 Å². The van der Waals surface area contributed by atoms with Crippen LogP contribution in [0.3, 0.4) is 0 Å². The van der Waals surface area contributed by atoms with Crippen molar-refractivity contribution in [1.82, 2.24) is 0 Å². The van der Waals surface area contributed by atoms with E-state index in [1.54, 1.807) is 0 Å². The Morgan fingerprint density at radius 1 is 1.56 bits per heavy atom. The molecule has 1 unspecified atom stereocenters. The van der Waals surface area contributed by atoms with E-state index in [9.17, 15) is 0 Å². The first-order chi connectivity index (χ1) is 4.34. The van der Waals surface area contributed by atoms with Gasteiger partial charge in [0.2, 0.25) is 0 Å². The summed E-state index contributed by atoms with van der Waals surface area (Å²) in [5.41, 5.74) is 0. The average molecular weight is 146 g/mol. The van der Waals surface area contributed by atoms with Crippen LogP contribution in [0.25, 0.3) is 0 Å². The molecule has 1 saturated carbocycles. The van der Waals surface area contributed by atoms with Crippen molar-refractivity contribution >= 4 is 11.6 Å². The molecule has 0 heterocycles. The Kier molecular flexibility index (Phi) is 2.84. The smallest absolute Gasteiger partial charge is 0.0364 e. The van der Waals surface area contributed by atoms with Crippen LogP contribution in [0.4, 0.5) is 0 Å². The van der Waals surface area contributed by atoms with Gasteiger partial charge in [-0.15, -0.1) is 11.6 Å². The van der Waals surface area contributed by atoms with Crippen LogP contribution < -0.4 is 0 Å². The molecule has 0 aromatic heterocycles. The van der Waals surface area contributed by atoms with Gasteiger partial charge in [-0.05, 0) is 25.2 Å². The third-order valence-electron chi connectivity index (χ3n) is 1.86. The van der Waals surface area contributed by atoms with Crippen LogP contribution in [0.15, 0.2) is 0 Å². The first-order valence-corrected chi connectivity index (χ1v) is 4.21. The summed E-state index contributed by atoms with van der Waals surface area (Å²) in [6, 6.07) is 0.